The summed E-state index contributed by atoms with van der Waals surface area (Å²) in [6.45, 7) is 5.44. The van der Waals surface area contributed by atoms with Crippen LogP contribution in [0.15, 0.2) is 42.5 Å². The van der Waals surface area contributed by atoms with E-state index in [1.165, 1.54) is 5.56 Å². The Morgan fingerprint density at radius 3 is 2.67 bits per heavy atom. The minimum absolute atomic E-state index is 0.0485. The molecular weight excluding hydrogens is 338 g/mol. The highest BCUT2D eigenvalue weighted by molar-refractivity contribution is 5.93. The molecule has 1 aromatic heterocycles. The molecule has 1 fully saturated rings. The molecule has 0 unspecified atom stereocenters. The number of nitrogens with two attached hydrogens (primary N) is 1. The van der Waals surface area contributed by atoms with E-state index in [-0.39, 0.29) is 5.91 Å². The third kappa shape index (κ3) is 3.35. The summed E-state index contributed by atoms with van der Waals surface area (Å²) >= 11 is 0. The van der Waals surface area contributed by atoms with Gasteiger partial charge in [0.2, 0.25) is 11.9 Å². The van der Waals surface area contributed by atoms with Crippen molar-refractivity contribution in [2.75, 3.05) is 29.0 Å². The molecule has 0 bridgehead atoms. The Morgan fingerprint density at radius 1 is 1.19 bits per heavy atom. The second kappa shape index (κ2) is 6.95. The van der Waals surface area contributed by atoms with Crippen LogP contribution in [-0.2, 0) is 4.79 Å². The Balaban J connectivity index is 1.57. The second-order valence-corrected chi connectivity index (χ2v) is 7.25. The Morgan fingerprint density at radius 2 is 1.93 bits per heavy atom. The zero-order chi connectivity index (χ0) is 19.0. The van der Waals surface area contributed by atoms with Gasteiger partial charge in [0, 0.05) is 26.1 Å². The number of fused-ring (bicyclic) bond motifs is 1. The number of rotatable bonds is 3. The molecule has 1 aliphatic rings. The van der Waals surface area contributed by atoms with E-state index < -0.39 is 0 Å². The van der Waals surface area contributed by atoms with E-state index in [4.69, 9.17) is 5.73 Å². The fourth-order valence-corrected chi connectivity index (χ4v) is 4.01. The zero-order valence-corrected chi connectivity index (χ0v) is 15.8. The van der Waals surface area contributed by atoms with Gasteiger partial charge in [0.15, 0.2) is 0 Å². The number of benzene rings is 2. The van der Waals surface area contributed by atoms with Crippen LogP contribution in [0.25, 0.3) is 11.0 Å². The first-order valence-corrected chi connectivity index (χ1v) is 9.38. The maximum absolute atomic E-state index is 11.5. The van der Waals surface area contributed by atoms with Crippen molar-refractivity contribution in [3.8, 4) is 0 Å². The van der Waals surface area contributed by atoms with Crippen LogP contribution >= 0.6 is 0 Å². The smallest absolute Gasteiger partial charge is 0.221 e. The average Bonchev–Trinajstić information content (AvgIpc) is 2.99. The number of hydrogen-bond acceptors (Lipinski definition) is 4. The molecule has 1 saturated heterocycles. The van der Waals surface area contributed by atoms with E-state index in [1.807, 2.05) is 30.3 Å². The van der Waals surface area contributed by atoms with Crippen molar-refractivity contribution in [1.82, 2.24) is 9.55 Å². The van der Waals surface area contributed by atoms with Gasteiger partial charge < -0.3 is 20.5 Å². The van der Waals surface area contributed by atoms with Gasteiger partial charge in [-0.25, -0.2) is 4.98 Å². The molecule has 0 aliphatic carbocycles. The first kappa shape index (κ1) is 17.4. The van der Waals surface area contributed by atoms with Crippen molar-refractivity contribution in [2.24, 2.45) is 0 Å². The zero-order valence-electron chi connectivity index (χ0n) is 15.8. The number of aromatic nitrogens is 2. The van der Waals surface area contributed by atoms with Gasteiger partial charge in [-0.1, -0.05) is 18.2 Å². The van der Waals surface area contributed by atoms with Crippen LogP contribution in [0.4, 0.5) is 17.3 Å². The Bertz CT molecular complexity index is 985. The molecule has 6 heteroatoms. The van der Waals surface area contributed by atoms with Crippen molar-refractivity contribution in [3.63, 3.8) is 0 Å². The summed E-state index contributed by atoms with van der Waals surface area (Å²) in [5.41, 5.74) is 11.4. The number of aryl methyl sites for hydroxylation is 1. The van der Waals surface area contributed by atoms with E-state index in [0.717, 1.165) is 48.3 Å². The van der Waals surface area contributed by atoms with Crippen molar-refractivity contribution in [1.29, 1.82) is 0 Å². The number of carbonyl (C=O) groups excluding carboxylic acids is 1. The van der Waals surface area contributed by atoms with Crippen molar-refractivity contribution >= 4 is 34.3 Å². The monoisotopic (exact) mass is 363 g/mol. The summed E-state index contributed by atoms with van der Waals surface area (Å²) in [6.07, 6.45) is 1.97. The topological polar surface area (TPSA) is 76.2 Å². The first-order valence-electron chi connectivity index (χ1n) is 9.38. The second-order valence-electron chi connectivity index (χ2n) is 7.25. The van der Waals surface area contributed by atoms with Gasteiger partial charge in [0.05, 0.1) is 22.4 Å². The van der Waals surface area contributed by atoms with E-state index >= 15 is 0 Å². The number of nitrogen functional groups attached to an aromatic ring is 1. The van der Waals surface area contributed by atoms with E-state index in [1.54, 1.807) is 6.92 Å². The van der Waals surface area contributed by atoms with Gasteiger partial charge in [0.1, 0.15) is 0 Å². The van der Waals surface area contributed by atoms with Crippen molar-refractivity contribution in [3.05, 3.63) is 48.0 Å². The molecule has 2 aromatic carbocycles. The third-order valence-electron chi connectivity index (χ3n) is 5.26. The molecule has 6 nitrogen and oxygen atoms in total. The van der Waals surface area contributed by atoms with Crippen LogP contribution < -0.4 is 16.0 Å². The van der Waals surface area contributed by atoms with Gasteiger partial charge in [-0.15, -0.1) is 0 Å². The predicted octanol–water partition coefficient (Wildman–Crippen LogP) is 3.73. The molecule has 27 heavy (non-hydrogen) atoms. The highest BCUT2D eigenvalue weighted by Gasteiger charge is 2.25. The van der Waals surface area contributed by atoms with Crippen LogP contribution in [0.3, 0.4) is 0 Å². The van der Waals surface area contributed by atoms with Gasteiger partial charge in [-0.05, 0) is 49.6 Å². The highest BCUT2D eigenvalue weighted by atomic mass is 16.1. The van der Waals surface area contributed by atoms with Crippen LogP contribution in [0.5, 0.6) is 0 Å². The maximum Gasteiger partial charge on any atom is 0.221 e. The normalized spacial score (nSPS) is 15.3. The number of hydrogen-bond donors (Lipinski definition) is 2. The molecule has 3 aromatic rings. The SMILES string of the molecule is CC(=O)Nc1ccc(C)cc1N1CCC(n2c(N)nc3ccccc32)CC1. The molecule has 3 N–H and O–H groups in total. The number of nitrogens with zero attached hydrogens (tertiary/aromatic N) is 3. The van der Waals surface area contributed by atoms with Crippen molar-refractivity contribution < 1.29 is 4.79 Å². The van der Waals surface area contributed by atoms with Crippen LogP contribution in [0, 0.1) is 6.92 Å². The lowest BCUT2D eigenvalue weighted by Gasteiger charge is -2.35. The highest BCUT2D eigenvalue weighted by Crippen LogP contribution is 2.34. The summed E-state index contributed by atoms with van der Waals surface area (Å²) in [6, 6.07) is 14.6. The number of amides is 1. The summed E-state index contributed by atoms with van der Waals surface area (Å²) in [5.74, 6) is 0.539. The molecular formula is C21H25N5O. The van der Waals surface area contributed by atoms with E-state index in [0.29, 0.717) is 12.0 Å². The van der Waals surface area contributed by atoms with Gasteiger partial charge in [0.25, 0.3) is 0 Å². The van der Waals surface area contributed by atoms with Crippen molar-refractivity contribution in [2.45, 2.75) is 32.7 Å². The van der Waals surface area contributed by atoms with Crippen LogP contribution in [0.1, 0.15) is 31.4 Å². The molecule has 0 atom stereocenters. The molecule has 0 radical (unpaired) electrons. The fourth-order valence-electron chi connectivity index (χ4n) is 4.01. The Hall–Kier alpha value is -3.02. The lowest BCUT2D eigenvalue weighted by atomic mass is 10.0. The summed E-state index contributed by atoms with van der Waals surface area (Å²) in [4.78, 5) is 18.4. The summed E-state index contributed by atoms with van der Waals surface area (Å²) < 4.78 is 2.18. The largest absolute Gasteiger partial charge is 0.370 e. The van der Waals surface area contributed by atoms with E-state index in [9.17, 15) is 4.79 Å². The lowest BCUT2D eigenvalue weighted by Crippen LogP contribution is -2.35. The maximum atomic E-state index is 11.5. The van der Waals surface area contributed by atoms with Crippen LogP contribution in [0.2, 0.25) is 0 Å². The number of anilines is 3. The van der Waals surface area contributed by atoms with E-state index in [2.05, 4.69) is 38.8 Å². The molecule has 2 heterocycles. The number of para-hydroxylation sites is 2. The predicted molar refractivity (Wildman–Crippen MR) is 110 cm³/mol. The molecule has 140 valence electrons. The van der Waals surface area contributed by atoms with Gasteiger partial charge in [-0.3, -0.25) is 4.79 Å². The van der Waals surface area contributed by atoms with Gasteiger partial charge in [-0.2, -0.15) is 0 Å². The van der Waals surface area contributed by atoms with Crippen LogP contribution in [-0.4, -0.2) is 28.5 Å². The average molecular weight is 363 g/mol. The summed E-state index contributed by atoms with van der Waals surface area (Å²) in [5, 5.41) is 2.95. The minimum Gasteiger partial charge on any atom is -0.370 e. The first-order chi connectivity index (χ1) is 13.0. The van der Waals surface area contributed by atoms with Gasteiger partial charge >= 0.3 is 0 Å². The summed E-state index contributed by atoms with van der Waals surface area (Å²) in [7, 11) is 0. The fraction of sp³-hybridized carbons (Fsp3) is 0.333. The molecule has 1 aliphatic heterocycles. The lowest BCUT2D eigenvalue weighted by molar-refractivity contribution is -0.114. The Kier molecular flexibility index (Phi) is 4.48. The third-order valence-corrected chi connectivity index (χ3v) is 5.26. The number of imidazole rings is 1. The number of piperidine rings is 1. The molecule has 0 saturated carbocycles. The molecule has 0 spiro atoms. The quantitative estimate of drug-likeness (QED) is 0.743. The standard InChI is InChI=1S/C21H25N5O/c1-14-7-8-18(23-15(2)27)20(13-14)25-11-9-16(10-12-25)26-19-6-4-3-5-17(19)24-21(26)22/h3-8,13,16H,9-12H2,1-2H3,(H2,22,24)(H,23,27). The minimum atomic E-state index is -0.0485. The Labute approximate surface area is 159 Å². The number of nitrogens with one attached hydrogen (secondary N) is 1. The molecule has 1 amide bonds. The molecule has 4 rings (SSSR count). The number of carbonyl (C=O) groups is 1.